The van der Waals surface area contributed by atoms with Gasteiger partial charge >= 0.3 is 0 Å². The van der Waals surface area contributed by atoms with Gasteiger partial charge in [0.05, 0.1) is 0 Å². The van der Waals surface area contributed by atoms with Crippen LogP contribution in [0.3, 0.4) is 0 Å². The summed E-state index contributed by atoms with van der Waals surface area (Å²) >= 11 is 0. The van der Waals surface area contributed by atoms with Crippen molar-refractivity contribution in [2.24, 2.45) is 0 Å². The summed E-state index contributed by atoms with van der Waals surface area (Å²) in [5.41, 5.74) is 9.83. The Kier molecular flexibility index (Phi) is 6.81. The number of hydrogen-bond donors (Lipinski definition) is 0. The fourth-order valence-corrected chi connectivity index (χ4v) is 4.62. The summed E-state index contributed by atoms with van der Waals surface area (Å²) < 4.78 is 0. The van der Waals surface area contributed by atoms with Crippen molar-refractivity contribution in [3.05, 3.63) is 144 Å². The summed E-state index contributed by atoms with van der Waals surface area (Å²) in [6.07, 6.45) is 19.0. The van der Waals surface area contributed by atoms with Gasteiger partial charge in [0.2, 0.25) is 0 Å². The van der Waals surface area contributed by atoms with Crippen LogP contribution in [0.1, 0.15) is 24.8 Å². The number of anilines is 4. The molecule has 0 aliphatic heterocycles. The fourth-order valence-electron chi connectivity index (χ4n) is 4.62. The average molecular weight is 457 g/mol. The molecule has 0 heterocycles. The third-order valence-electron chi connectivity index (χ3n) is 6.64. The van der Waals surface area contributed by atoms with E-state index in [0.717, 1.165) is 24.9 Å². The molecule has 0 fully saturated rings. The van der Waals surface area contributed by atoms with Crippen LogP contribution in [0.25, 0.3) is 0 Å². The van der Waals surface area contributed by atoms with Gasteiger partial charge in [-0.25, -0.2) is 0 Å². The van der Waals surface area contributed by atoms with Gasteiger partial charge in [-0.15, -0.1) is 0 Å². The van der Waals surface area contributed by atoms with Crippen LogP contribution in [0, 0.1) is 6.92 Å². The second-order valence-electron chi connectivity index (χ2n) is 9.10. The van der Waals surface area contributed by atoms with Gasteiger partial charge in [0.15, 0.2) is 0 Å². The van der Waals surface area contributed by atoms with E-state index in [1.807, 2.05) is 0 Å². The number of nitrogens with zero attached hydrogens (tertiary/aromatic N) is 2. The van der Waals surface area contributed by atoms with Gasteiger partial charge in [0, 0.05) is 41.9 Å². The molecule has 0 radical (unpaired) electrons. The third kappa shape index (κ3) is 5.22. The first-order chi connectivity index (χ1) is 17.2. The lowest BCUT2D eigenvalue weighted by Crippen LogP contribution is -2.16. The van der Waals surface area contributed by atoms with Gasteiger partial charge in [0.1, 0.15) is 0 Å². The van der Waals surface area contributed by atoms with Crippen molar-refractivity contribution in [3.8, 4) is 0 Å². The Hall–Kier alpha value is -4.04. The van der Waals surface area contributed by atoms with E-state index in [4.69, 9.17) is 0 Å². The maximum Gasteiger partial charge on any atom is 0.0460 e. The van der Waals surface area contributed by atoms with E-state index in [2.05, 4.69) is 145 Å². The molecule has 0 spiro atoms. The topological polar surface area (TPSA) is 6.48 Å². The molecule has 35 heavy (non-hydrogen) atoms. The first-order valence-corrected chi connectivity index (χ1v) is 12.4. The molecule has 3 aromatic rings. The maximum absolute atomic E-state index is 2.37. The highest BCUT2D eigenvalue weighted by molar-refractivity contribution is 5.72. The predicted octanol–water partition coefficient (Wildman–Crippen LogP) is 8.95. The molecule has 0 N–H and O–H groups in total. The Balaban J connectivity index is 1.44. The van der Waals surface area contributed by atoms with Crippen LogP contribution in [0.4, 0.5) is 22.7 Å². The zero-order chi connectivity index (χ0) is 24.0. The van der Waals surface area contributed by atoms with Crippen LogP contribution in [-0.4, -0.2) is 7.05 Å². The predicted molar refractivity (Wildman–Crippen MR) is 151 cm³/mol. The Morgan fingerprint density at radius 1 is 0.629 bits per heavy atom. The number of allylic oxidation sites excluding steroid dienone is 9. The van der Waals surface area contributed by atoms with Crippen molar-refractivity contribution < 1.29 is 0 Å². The highest BCUT2D eigenvalue weighted by Gasteiger charge is 2.16. The summed E-state index contributed by atoms with van der Waals surface area (Å²) in [4.78, 5) is 4.59. The first kappa shape index (κ1) is 22.7. The van der Waals surface area contributed by atoms with E-state index in [9.17, 15) is 0 Å². The lowest BCUT2D eigenvalue weighted by molar-refractivity contribution is 1.02. The first-order valence-electron chi connectivity index (χ1n) is 12.4. The highest BCUT2D eigenvalue weighted by atomic mass is 15.2. The van der Waals surface area contributed by atoms with Gasteiger partial charge in [-0.3, -0.25) is 0 Å². The summed E-state index contributed by atoms with van der Waals surface area (Å²) in [6.45, 7) is 2.12. The molecule has 0 amide bonds. The monoisotopic (exact) mass is 456 g/mol. The number of para-hydroxylation sites is 1. The molecule has 0 saturated carbocycles. The molecular weight excluding hydrogens is 424 g/mol. The number of hydrogen-bond acceptors (Lipinski definition) is 2. The van der Waals surface area contributed by atoms with Crippen molar-refractivity contribution in [3.63, 3.8) is 0 Å². The fraction of sp³-hybridized carbons (Fsp3) is 0.152. The van der Waals surface area contributed by atoms with Crippen molar-refractivity contribution >= 4 is 22.7 Å². The molecule has 5 rings (SSSR count). The minimum absolute atomic E-state index is 0.868. The van der Waals surface area contributed by atoms with Crippen molar-refractivity contribution in [2.75, 3.05) is 16.8 Å². The minimum Gasteiger partial charge on any atom is -0.345 e. The molecule has 174 valence electrons. The van der Waals surface area contributed by atoms with E-state index < -0.39 is 0 Å². The van der Waals surface area contributed by atoms with E-state index >= 15 is 0 Å². The van der Waals surface area contributed by atoms with Crippen LogP contribution in [0.5, 0.6) is 0 Å². The lowest BCUT2D eigenvalue weighted by atomic mass is 9.98. The Labute approximate surface area is 209 Å². The molecule has 0 atom stereocenters. The molecule has 3 aromatic carbocycles. The Morgan fingerprint density at radius 2 is 1.26 bits per heavy atom. The number of rotatable bonds is 6. The molecule has 2 aliphatic carbocycles. The second-order valence-corrected chi connectivity index (χ2v) is 9.10. The third-order valence-corrected chi connectivity index (χ3v) is 6.64. The van der Waals surface area contributed by atoms with Crippen molar-refractivity contribution in [1.29, 1.82) is 0 Å². The van der Waals surface area contributed by atoms with E-state index in [0.29, 0.717) is 0 Å². The van der Waals surface area contributed by atoms with E-state index in [1.165, 1.54) is 39.5 Å². The highest BCUT2D eigenvalue weighted by Crippen LogP contribution is 2.35. The Bertz CT molecular complexity index is 1300. The van der Waals surface area contributed by atoms with Gasteiger partial charge in [-0.2, -0.15) is 0 Å². The SMILES string of the molecule is Cc1ccc(N(C)c2ccc(N(C3=CC=CC(C4=CCCC=C4)=CC3)c3ccccc3)cc2)cc1. The normalized spacial score (nSPS) is 15.1. The molecular formula is C33H32N2. The molecule has 0 saturated heterocycles. The van der Waals surface area contributed by atoms with Crippen LogP contribution in [0.2, 0.25) is 0 Å². The zero-order valence-electron chi connectivity index (χ0n) is 20.6. The second kappa shape index (κ2) is 10.5. The summed E-state index contributed by atoms with van der Waals surface area (Å²) in [6, 6.07) is 28.1. The molecule has 2 aliphatic rings. The smallest absolute Gasteiger partial charge is 0.0460 e. The van der Waals surface area contributed by atoms with Crippen LogP contribution < -0.4 is 9.80 Å². The van der Waals surface area contributed by atoms with E-state index in [-0.39, 0.29) is 0 Å². The molecule has 0 bridgehead atoms. The van der Waals surface area contributed by atoms with Crippen molar-refractivity contribution in [2.45, 2.75) is 26.2 Å². The van der Waals surface area contributed by atoms with Crippen LogP contribution in [0.15, 0.2) is 138 Å². The number of benzene rings is 3. The Morgan fingerprint density at radius 3 is 1.94 bits per heavy atom. The van der Waals surface area contributed by atoms with Gasteiger partial charge in [0.25, 0.3) is 0 Å². The largest absolute Gasteiger partial charge is 0.345 e. The molecule has 2 heteroatoms. The van der Waals surface area contributed by atoms with Crippen LogP contribution in [-0.2, 0) is 0 Å². The van der Waals surface area contributed by atoms with Crippen LogP contribution >= 0.6 is 0 Å². The summed E-state index contributed by atoms with van der Waals surface area (Å²) in [5.74, 6) is 0. The van der Waals surface area contributed by atoms with Crippen molar-refractivity contribution in [1.82, 2.24) is 0 Å². The molecule has 0 aromatic heterocycles. The summed E-state index contributed by atoms with van der Waals surface area (Å²) in [5, 5.41) is 0. The lowest BCUT2D eigenvalue weighted by Gasteiger charge is -2.28. The molecule has 2 nitrogen and oxygen atoms in total. The minimum atomic E-state index is 0.868. The summed E-state index contributed by atoms with van der Waals surface area (Å²) in [7, 11) is 2.12. The number of aryl methyl sites for hydroxylation is 1. The zero-order valence-corrected chi connectivity index (χ0v) is 20.6. The van der Waals surface area contributed by atoms with E-state index in [1.54, 1.807) is 0 Å². The molecule has 0 unspecified atom stereocenters. The van der Waals surface area contributed by atoms with Gasteiger partial charge < -0.3 is 9.80 Å². The van der Waals surface area contributed by atoms with Gasteiger partial charge in [-0.05, 0) is 85.5 Å². The average Bonchev–Trinajstić information content (AvgIpc) is 3.17. The quantitative estimate of drug-likeness (QED) is 0.365. The van der Waals surface area contributed by atoms with Gasteiger partial charge in [-0.1, -0.05) is 72.4 Å². The maximum atomic E-state index is 2.37. The standard InChI is InChI=1S/C33H32N2/c1-26-16-19-29(20-17-26)34(2)30-22-24-33(25-23-30)35(31-13-7-4-8-14-31)32-15-9-12-28(18-21-32)27-10-5-3-6-11-27/h4-5,7-20,22-25H,3,6,21H2,1-2H3.